The normalized spacial score (nSPS) is 10.6. The largest absolute Gasteiger partial charge is 0.477 e. The molecular weight excluding hydrogens is 336 g/mol. The molecule has 0 saturated heterocycles. The molecule has 0 aliphatic carbocycles. The number of carboxylic acids is 1. The van der Waals surface area contributed by atoms with Gasteiger partial charge in [-0.2, -0.15) is 0 Å². The molecule has 2 rings (SSSR count). The van der Waals surface area contributed by atoms with Crippen LogP contribution >= 0.6 is 34.7 Å². The molecule has 0 aliphatic heterocycles. The van der Waals surface area contributed by atoms with Crippen LogP contribution in [0, 0.1) is 17.0 Å². The summed E-state index contributed by atoms with van der Waals surface area (Å²) in [6.07, 6.45) is 0. The minimum atomic E-state index is -0.995. The van der Waals surface area contributed by atoms with Crippen molar-refractivity contribution < 1.29 is 14.8 Å². The summed E-state index contributed by atoms with van der Waals surface area (Å²) >= 11 is 8.44. The second kappa shape index (κ2) is 6.42. The fraction of sp³-hybridized carbons (Fsp3) is 0.167. The van der Waals surface area contributed by atoms with Crippen LogP contribution in [0.1, 0.15) is 20.9 Å². The van der Waals surface area contributed by atoms with Gasteiger partial charge in [-0.1, -0.05) is 23.4 Å². The molecule has 0 atom stereocenters. The van der Waals surface area contributed by atoms with Gasteiger partial charge in [0.1, 0.15) is 4.88 Å². The van der Waals surface area contributed by atoms with Crippen molar-refractivity contribution in [1.29, 1.82) is 0 Å². The van der Waals surface area contributed by atoms with Crippen LogP contribution in [0.15, 0.2) is 22.5 Å². The fourth-order valence-corrected chi connectivity index (χ4v) is 3.89. The van der Waals surface area contributed by atoms with Gasteiger partial charge in [0.15, 0.2) is 4.34 Å². The van der Waals surface area contributed by atoms with Gasteiger partial charge in [0.25, 0.3) is 5.69 Å². The second-order valence-electron chi connectivity index (χ2n) is 4.02. The topological polar surface area (TPSA) is 93.3 Å². The van der Waals surface area contributed by atoms with Crippen LogP contribution in [-0.4, -0.2) is 21.0 Å². The van der Waals surface area contributed by atoms with Gasteiger partial charge in [-0.25, -0.2) is 9.78 Å². The zero-order valence-corrected chi connectivity index (χ0v) is 13.1. The number of carbonyl (C=O) groups is 1. The van der Waals surface area contributed by atoms with Gasteiger partial charge in [0, 0.05) is 17.9 Å². The summed E-state index contributed by atoms with van der Waals surface area (Å²) in [6.45, 7) is 1.64. The lowest BCUT2D eigenvalue weighted by atomic mass is 10.2. The SMILES string of the molecule is Cc1nc(SCc2ccc([N+](=O)[O-])cc2Cl)sc1C(=O)O. The van der Waals surface area contributed by atoms with E-state index in [1.807, 2.05) is 0 Å². The molecular formula is C12H9ClN2O4S2. The van der Waals surface area contributed by atoms with E-state index in [0.717, 1.165) is 16.9 Å². The minimum absolute atomic E-state index is 0.0630. The summed E-state index contributed by atoms with van der Waals surface area (Å²) in [5, 5.41) is 19.9. The van der Waals surface area contributed by atoms with Gasteiger partial charge in [-0.15, -0.1) is 11.3 Å². The number of rotatable bonds is 5. The molecule has 1 heterocycles. The van der Waals surface area contributed by atoms with E-state index in [2.05, 4.69) is 4.98 Å². The second-order valence-corrected chi connectivity index (χ2v) is 6.65. The Hall–Kier alpha value is -1.64. The molecule has 110 valence electrons. The quantitative estimate of drug-likeness (QED) is 0.500. The zero-order valence-electron chi connectivity index (χ0n) is 10.7. The van der Waals surface area contributed by atoms with Crippen molar-refractivity contribution in [3.63, 3.8) is 0 Å². The van der Waals surface area contributed by atoms with E-state index in [4.69, 9.17) is 16.7 Å². The number of nitrogens with zero attached hydrogens (tertiary/aromatic N) is 2. The highest BCUT2D eigenvalue weighted by atomic mass is 35.5. The lowest BCUT2D eigenvalue weighted by Gasteiger charge is -2.02. The number of benzene rings is 1. The predicted molar refractivity (Wildman–Crippen MR) is 81.5 cm³/mol. The van der Waals surface area contributed by atoms with Crippen LogP contribution in [0.2, 0.25) is 5.02 Å². The number of aryl methyl sites for hydroxylation is 1. The van der Waals surface area contributed by atoms with E-state index in [-0.39, 0.29) is 10.6 Å². The number of non-ortho nitro benzene ring substituents is 1. The Labute approximate surface area is 132 Å². The van der Waals surface area contributed by atoms with Crippen molar-refractivity contribution in [2.24, 2.45) is 0 Å². The molecule has 21 heavy (non-hydrogen) atoms. The summed E-state index contributed by atoms with van der Waals surface area (Å²) in [7, 11) is 0. The molecule has 0 unspecified atom stereocenters. The van der Waals surface area contributed by atoms with E-state index in [0.29, 0.717) is 20.8 Å². The van der Waals surface area contributed by atoms with Crippen LogP contribution in [0.3, 0.4) is 0 Å². The summed E-state index contributed by atoms with van der Waals surface area (Å²) in [6, 6.07) is 4.27. The van der Waals surface area contributed by atoms with Crippen molar-refractivity contribution in [2.75, 3.05) is 0 Å². The molecule has 0 spiro atoms. The van der Waals surface area contributed by atoms with Crippen molar-refractivity contribution in [3.8, 4) is 0 Å². The molecule has 9 heteroatoms. The number of hydrogen-bond donors (Lipinski definition) is 1. The van der Waals surface area contributed by atoms with Crippen LogP contribution in [0.25, 0.3) is 0 Å². The first kappa shape index (κ1) is 15.7. The van der Waals surface area contributed by atoms with E-state index in [1.165, 1.54) is 23.9 Å². The highest BCUT2D eigenvalue weighted by Gasteiger charge is 2.15. The van der Waals surface area contributed by atoms with Crippen LogP contribution in [-0.2, 0) is 5.75 Å². The Bertz CT molecular complexity index is 717. The number of carboxylic acid groups (broad SMARTS) is 1. The number of nitro groups is 1. The predicted octanol–water partition coefficient (Wildman–Crippen LogP) is 4.00. The Kier molecular flexibility index (Phi) is 4.81. The third-order valence-electron chi connectivity index (χ3n) is 2.57. The van der Waals surface area contributed by atoms with Crippen LogP contribution in [0.4, 0.5) is 5.69 Å². The summed E-state index contributed by atoms with van der Waals surface area (Å²) in [5.41, 5.74) is 1.15. The van der Waals surface area contributed by atoms with E-state index in [9.17, 15) is 14.9 Å². The molecule has 2 aromatic rings. The van der Waals surface area contributed by atoms with Crippen molar-refractivity contribution in [2.45, 2.75) is 17.0 Å². The van der Waals surface area contributed by atoms with Gasteiger partial charge in [0.2, 0.25) is 0 Å². The Morgan fingerprint density at radius 2 is 2.29 bits per heavy atom. The first-order valence-corrected chi connectivity index (χ1v) is 7.83. The maximum absolute atomic E-state index is 10.9. The minimum Gasteiger partial charge on any atom is -0.477 e. The first-order chi connectivity index (χ1) is 9.88. The molecule has 6 nitrogen and oxygen atoms in total. The third-order valence-corrected chi connectivity index (χ3v) is 5.26. The number of halogens is 1. The molecule has 0 aliphatic rings. The number of aromatic nitrogens is 1. The molecule has 0 amide bonds. The molecule has 1 aromatic carbocycles. The number of hydrogen-bond acceptors (Lipinski definition) is 6. The molecule has 0 fully saturated rings. The van der Waals surface area contributed by atoms with Gasteiger partial charge >= 0.3 is 5.97 Å². The van der Waals surface area contributed by atoms with Crippen LogP contribution < -0.4 is 0 Å². The molecule has 0 bridgehead atoms. The first-order valence-electron chi connectivity index (χ1n) is 5.65. The van der Waals surface area contributed by atoms with Gasteiger partial charge in [0.05, 0.1) is 15.6 Å². The van der Waals surface area contributed by atoms with Gasteiger partial charge < -0.3 is 5.11 Å². The Balaban J connectivity index is 2.11. The highest BCUT2D eigenvalue weighted by molar-refractivity contribution is 8.00. The maximum atomic E-state index is 10.9. The van der Waals surface area contributed by atoms with Gasteiger partial charge in [-0.05, 0) is 18.6 Å². The van der Waals surface area contributed by atoms with E-state index < -0.39 is 10.9 Å². The molecule has 1 aromatic heterocycles. The van der Waals surface area contributed by atoms with Crippen molar-refractivity contribution >= 4 is 46.4 Å². The smallest absolute Gasteiger partial charge is 0.347 e. The Morgan fingerprint density at radius 3 is 2.81 bits per heavy atom. The third kappa shape index (κ3) is 3.72. The van der Waals surface area contributed by atoms with E-state index in [1.54, 1.807) is 13.0 Å². The molecule has 0 radical (unpaired) electrons. The Morgan fingerprint density at radius 1 is 1.57 bits per heavy atom. The lowest BCUT2D eigenvalue weighted by molar-refractivity contribution is -0.384. The van der Waals surface area contributed by atoms with Crippen molar-refractivity contribution in [3.05, 3.63) is 49.5 Å². The maximum Gasteiger partial charge on any atom is 0.347 e. The number of thiazole rings is 1. The average molecular weight is 345 g/mol. The fourth-order valence-electron chi connectivity index (χ4n) is 1.54. The number of aromatic carboxylic acids is 1. The summed E-state index contributed by atoms with van der Waals surface area (Å²) < 4.78 is 0.624. The highest BCUT2D eigenvalue weighted by Crippen LogP contribution is 2.32. The lowest BCUT2D eigenvalue weighted by Crippen LogP contribution is -1.94. The average Bonchev–Trinajstić information content (AvgIpc) is 2.78. The van der Waals surface area contributed by atoms with Gasteiger partial charge in [-0.3, -0.25) is 10.1 Å². The number of thioether (sulfide) groups is 1. The van der Waals surface area contributed by atoms with Crippen molar-refractivity contribution in [1.82, 2.24) is 4.98 Å². The molecule has 1 N–H and O–H groups in total. The summed E-state index contributed by atoms with van der Waals surface area (Å²) in [4.78, 5) is 25.4. The monoisotopic (exact) mass is 344 g/mol. The van der Waals surface area contributed by atoms with E-state index >= 15 is 0 Å². The summed E-state index contributed by atoms with van der Waals surface area (Å²) in [5.74, 6) is -0.534. The van der Waals surface area contributed by atoms with Crippen LogP contribution in [0.5, 0.6) is 0 Å². The zero-order chi connectivity index (χ0) is 15.6. The molecule has 0 saturated carbocycles. The number of nitro benzene ring substituents is 1. The standard InChI is InChI=1S/C12H9ClN2O4S2/c1-6-10(11(16)17)21-12(14-6)20-5-7-2-3-8(15(18)19)4-9(7)13/h2-4H,5H2,1H3,(H,16,17).